The maximum absolute atomic E-state index is 13.0. The number of nitrogens with one attached hydrogen (secondary N) is 1. The molecule has 0 spiro atoms. The summed E-state index contributed by atoms with van der Waals surface area (Å²) in [6, 6.07) is 0.252. The topological polar surface area (TPSA) is 75.4 Å². The Morgan fingerprint density at radius 2 is 1.96 bits per heavy atom. The van der Waals surface area contributed by atoms with E-state index < -0.39 is 0 Å². The highest BCUT2D eigenvalue weighted by Gasteiger charge is 2.50. The van der Waals surface area contributed by atoms with Gasteiger partial charge in [0, 0.05) is 25.2 Å². The van der Waals surface area contributed by atoms with Crippen LogP contribution in [0.2, 0.25) is 0 Å². The van der Waals surface area contributed by atoms with Crippen molar-refractivity contribution in [1.82, 2.24) is 10.2 Å². The van der Waals surface area contributed by atoms with Crippen LogP contribution >= 0.6 is 12.4 Å². The van der Waals surface area contributed by atoms with E-state index in [0.29, 0.717) is 18.4 Å². The van der Waals surface area contributed by atoms with Gasteiger partial charge in [-0.15, -0.1) is 12.4 Å². The molecule has 6 heteroatoms. The van der Waals surface area contributed by atoms with Gasteiger partial charge in [0.2, 0.25) is 11.8 Å². The number of likely N-dealkylation sites (tertiary alicyclic amines) is 1. The summed E-state index contributed by atoms with van der Waals surface area (Å²) in [6.45, 7) is 5.54. The third-order valence-electron chi connectivity index (χ3n) is 6.48. The lowest BCUT2D eigenvalue weighted by molar-refractivity contribution is -0.141. The summed E-state index contributed by atoms with van der Waals surface area (Å²) >= 11 is 0. The summed E-state index contributed by atoms with van der Waals surface area (Å²) in [4.78, 5) is 27.4. The molecule has 3 aliphatic rings. The fourth-order valence-electron chi connectivity index (χ4n) is 5.17. The lowest BCUT2D eigenvalue weighted by Gasteiger charge is -2.37. The standard InChI is InChI=1S/C19H33N3O2.ClH/c1-3-5-12(2)21-18(23)15-6-4-9-22(11-15)19(24)16-13-7-8-14(10-13)17(16)20;/h12-17H,3-11,20H2,1-2H3,(H,21,23);1H. The van der Waals surface area contributed by atoms with E-state index in [0.717, 1.165) is 45.1 Å². The predicted octanol–water partition coefficient (Wildman–Crippen LogP) is 2.32. The first-order valence-electron chi connectivity index (χ1n) is 9.86. The molecule has 2 saturated carbocycles. The monoisotopic (exact) mass is 371 g/mol. The van der Waals surface area contributed by atoms with Gasteiger partial charge in [0.25, 0.3) is 0 Å². The van der Waals surface area contributed by atoms with Gasteiger partial charge in [-0.05, 0) is 57.3 Å². The fourth-order valence-corrected chi connectivity index (χ4v) is 5.17. The van der Waals surface area contributed by atoms with Gasteiger partial charge in [-0.3, -0.25) is 9.59 Å². The molecule has 0 aromatic heterocycles. The van der Waals surface area contributed by atoms with Gasteiger partial charge in [0.05, 0.1) is 11.8 Å². The number of nitrogens with two attached hydrogens (primary N) is 1. The molecule has 3 fully saturated rings. The van der Waals surface area contributed by atoms with Gasteiger partial charge in [-0.2, -0.15) is 0 Å². The largest absolute Gasteiger partial charge is 0.353 e. The first-order valence-corrected chi connectivity index (χ1v) is 9.86. The number of hydrogen-bond donors (Lipinski definition) is 2. The van der Waals surface area contributed by atoms with Crippen LogP contribution < -0.4 is 11.1 Å². The van der Waals surface area contributed by atoms with Crippen molar-refractivity contribution >= 4 is 24.2 Å². The number of nitrogens with zero attached hydrogens (tertiary/aromatic N) is 1. The maximum Gasteiger partial charge on any atom is 0.227 e. The highest BCUT2D eigenvalue weighted by molar-refractivity contribution is 5.85. The quantitative estimate of drug-likeness (QED) is 0.778. The molecule has 2 aliphatic carbocycles. The molecule has 3 rings (SSSR count). The van der Waals surface area contributed by atoms with Crippen LogP contribution in [0, 0.1) is 23.7 Å². The molecule has 0 aromatic carbocycles. The molecule has 2 bridgehead atoms. The minimum Gasteiger partial charge on any atom is -0.353 e. The molecule has 0 radical (unpaired) electrons. The van der Waals surface area contributed by atoms with Crippen LogP contribution in [0.5, 0.6) is 0 Å². The normalized spacial score (nSPS) is 35.2. The van der Waals surface area contributed by atoms with E-state index in [1.165, 1.54) is 6.42 Å². The molecule has 6 atom stereocenters. The summed E-state index contributed by atoms with van der Waals surface area (Å²) in [5, 5.41) is 3.11. The number of rotatable bonds is 5. The van der Waals surface area contributed by atoms with Crippen LogP contribution in [0.1, 0.15) is 58.8 Å². The van der Waals surface area contributed by atoms with E-state index in [2.05, 4.69) is 19.2 Å². The van der Waals surface area contributed by atoms with Crippen LogP contribution in [-0.4, -0.2) is 41.9 Å². The number of halogens is 1. The molecule has 5 nitrogen and oxygen atoms in total. The molecular formula is C19H34ClN3O2. The van der Waals surface area contributed by atoms with Gasteiger partial charge < -0.3 is 16.0 Å². The molecule has 3 N–H and O–H groups in total. The van der Waals surface area contributed by atoms with Crippen molar-refractivity contribution in [2.75, 3.05) is 13.1 Å². The Balaban J connectivity index is 0.00000225. The van der Waals surface area contributed by atoms with E-state index in [1.54, 1.807) is 0 Å². The third kappa shape index (κ3) is 4.30. The Bertz CT molecular complexity index is 485. The van der Waals surface area contributed by atoms with Crippen LogP contribution in [0.15, 0.2) is 0 Å². The molecule has 1 aliphatic heterocycles. The van der Waals surface area contributed by atoms with Crippen molar-refractivity contribution in [3.63, 3.8) is 0 Å². The summed E-state index contributed by atoms with van der Waals surface area (Å²) in [6.07, 6.45) is 7.35. The van der Waals surface area contributed by atoms with Crippen LogP contribution in [0.4, 0.5) is 0 Å². The lowest BCUT2D eigenvalue weighted by atomic mass is 9.83. The van der Waals surface area contributed by atoms with Crippen molar-refractivity contribution in [2.24, 2.45) is 29.4 Å². The van der Waals surface area contributed by atoms with Gasteiger partial charge in [0.1, 0.15) is 0 Å². The number of piperidine rings is 1. The zero-order chi connectivity index (χ0) is 17.3. The van der Waals surface area contributed by atoms with Gasteiger partial charge >= 0.3 is 0 Å². The number of hydrogen-bond acceptors (Lipinski definition) is 3. The fraction of sp³-hybridized carbons (Fsp3) is 0.895. The number of fused-ring (bicyclic) bond motifs is 2. The first-order chi connectivity index (χ1) is 11.5. The smallest absolute Gasteiger partial charge is 0.227 e. The van der Waals surface area contributed by atoms with Gasteiger partial charge in [0.15, 0.2) is 0 Å². The molecular weight excluding hydrogens is 338 g/mol. The molecule has 2 amide bonds. The summed E-state index contributed by atoms with van der Waals surface area (Å²) in [5.74, 6) is 1.31. The molecule has 1 saturated heterocycles. The van der Waals surface area contributed by atoms with E-state index in [1.807, 2.05) is 4.90 Å². The molecule has 25 heavy (non-hydrogen) atoms. The summed E-state index contributed by atoms with van der Waals surface area (Å²) < 4.78 is 0. The second kappa shape index (κ2) is 8.72. The minimum absolute atomic E-state index is 0. The molecule has 1 heterocycles. The van der Waals surface area contributed by atoms with E-state index in [9.17, 15) is 9.59 Å². The average Bonchev–Trinajstić information content (AvgIpc) is 3.15. The zero-order valence-corrected chi connectivity index (χ0v) is 16.4. The summed E-state index contributed by atoms with van der Waals surface area (Å²) in [7, 11) is 0. The number of amides is 2. The summed E-state index contributed by atoms with van der Waals surface area (Å²) in [5.41, 5.74) is 6.34. The van der Waals surface area contributed by atoms with Crippen molar-refractivity contribution in [2.45, 2.75) is 70.9 Å². The Labute approximate surface area is 157 Å². The Morgan fingerprint density at radius 1 is 1.24 bits per heavy atom. The Morgan fingerprint density at radius 3 is 2.60 bits per heavy atom. The van der Waals surface area contributed by atoms with Crippen molar-refractivity contribution in [1.29, 1.82) is 0 Å². The van der Waals surface area contributed by atoms with Crippen molar-refractivity contribution < 1.29 is 9.59 Å². The van der Waals surface area contributed by atoms with Gasteiger partial charge in [-0.25, -0.2) is 0 Å². The van der Waals surface area contributed by atoms with Crippen LogP contribution in [0.3, 0.4) is 0 Å². The molecule has 0 aromatic rings. The third-order valence-corrected chi connectivity index (χ3v) is 6.48. The first kappa shape index (κ1) is 20.5. The van der Waals surface area contributed by atoms with Crippen molar-refractivity contribution in [3.05, 3.63) is 0 Å². The van der Waals surface area contributed by atoms with E-state index >= 15 is 0 Å². The van der Waals surface area contributed by atoms with Crippen molar-refractivity contribution in [3.8, 4) is 0 Å². The molecule has 6 unspecified atom stereocenters. The second-order valence-electron chi connectivity index (χ2n) is 8.26. The second-order valence-corrected chi connectivity index (χ2v) is 8.26. The lowest BCUT2D eigenvalue weighted by Crippen LogP contribution is -2.52. The van der Waals surface area contributed by atoms with Crippen LogP contribution in [-0.2, 0) is 9.59 Å². The Kier molecular flexibility index (Phi) is 7.15. The van der Waals surface area contributed by atoms with E-state index in [4.69, 9.17) is 5.73 Å². The SMILES string of the molecule is CCCC(C)NC(=O)C1CCCN(C(=O)C2C3CCC(C3)C2N)C1.Cl. The van der Waals surface area contributed by atoms with Gasteiger partial charge in [-0.1, -0.05) is 13.3 Å². The minimum atomic E-state index is -0.0585. The Hall–Kier alpha value is -0.810. The number of carbonyl (C=O) groups is 2. The number of carbonyl (C=O) groups excluding carboxylic acids is 2. The molecule has 144 valence electrons. The average molecular weight is 372 g/mol. The highest BCUT2D eigenvalue weighted by atomic mass is 35.5. The zero-order valence-electron chi connectivity index (χ0n) is 15.6. The van der Waals surface area contributed by atoms with Crippen LogP contribution in [0.25, 0.3) is 0 Å². The maximum atomic E-state index is 13.0. The highest BCUT2D eigenvalue weighted by Crippen LogP contribution is 2.48. The van der Waals surface area contributed by atoms with E-state index in [-0.39, 0.29) is 48.1 Å². The predicted molar refractivity (Wildman–Crippen MR) is 101 cm³/mol.